The summed E-state index contributed by atoms with van der Waals surface area (Å²) in [6.07, 6.45) is 10.1. The SMILES string of the molecule is C1=CCC(N2CC(C3CC3)NCC2c2ccccc2)C1. The molecule has 1 saturated carbocycles. The molecule has 2 heteroatoms. The molecule has 2 atom stereocenters. The Morgan fingerprint density at radius 2 is 1.75 bits per heavy atom. The van der Waals surface area contributed by atoms with Gasteiger partial charge in [0.15, 0.2) is 0 Å². The highest BCUT2D eigenvalue weighted by Crippen LogP contribution is 2.38. The van der Waals surface area contributed by atoms with Crippen molar-refractivity contribution in [3.05, 3.63) is 48.0 Å². The topological polar surface area (TPSA) is 15.3 Å². The average molecular weight is 268 g/mol. The molecule has 0 aromatic heterocycles. The fourth-order valence-electron chi connectivity index (χ4n) is 3.88. The summed E-state index contributed by atoms with van der Waals surface area (Å²) in [5.74, 6) is 0.948. The van der Waals surface area contributed by atoms with Crippen LogP contribution in [0.2, 0.25) is 0 Å². The Hall–Kier alpha value is -1.12. The zero-order valence-corrected chi connectivity index (χ0v) is 12.0. The molecule has 20 heavy (non-hydrogen) atoms. The molecule has 0 spiro atoms. The number of piperazine rings is 1. The summed E-state index contributed by atoms with van der Waals surface area (Å²) in [5.41, 5.74) is 1.47. The van der Waals surface area contributed by atoms with Crippen molar-refractivity contribution >= 4 is 0 Å². The summed E-state index contributed by atoms with van der Waals surface area (Å²) in [7, 11) is 0. The highest BCUT2D eigenvalue weighted by molar-refractivity contribution is 5.21. The molecule has 0 bridgehead atoms. The molecule has 1 aromatic carbocycles. The Morgan fingerprint density at radius 3 is 2.45 bits per heavy atom. The summed E-state index contributed by atoms with van der Waals surface area (Å²) in [6, 6.07) is 13.1. The quantitative estimate of drug-likeness (QED) is 0.847. The molecule has 1 N–H and O–H groups in total. The van der Waals surface area contributed by atoms with Gasteiger partial charge in [0, 0.05) is 31.2 Å². The van der Waals surface area contributed by atoms with Crippen LogP contribution in [0.3, 0.4) is 0 Å². The van der Waals surface area contributed by atoms with Gasteiger partial charge in [0.05, 0.1) is 0 Å². The lowest BCUT2D eigenvalue weighted by atomic mass is 9.96. The molecule has 1 aromatic rings. The van der Waals surface area contributed by atoms with E-state index in [1.54, 1.807) is 0 Å². The van der Waals surface area contributed by atoms with Gasteiger partial charge in [-0.25, -0.2) is 0 Å². The summed E-state index contributed by atoms with van der Waals surface area (Å²) in [6.45, 7) is 2.35. The maximum Gasteiger partial charge on any atom is 0.0476 e. The molecule has 0 amide bonds. The second-order valence-corrected chi connectivity index (χ2v) is 6.57. The summed E-state index contributed by atoms with van der Waals surface area (Å²) in [4.78, 5) is 2.79. The number of hydrogen-bond acceptors (Lipinski definition) is 2. The fraction of sp³-hybridized carbons (Fsp3) is 0.556. The van der Waals surface area contributed by atoms with Crippen LogP contribution in [0.5, 0.6) is 0 Å². The van der Waals surface area contributed by atoms with Crippen LogP contribution < -0.4 is 5.32 Å². The van der Waals surface area contributed by atoms with E-state index in [0.29, 0.717) is 6.04 Å². The molecule has 2 unspecified atom stereocenters. The van der Waals surface area contributed by atoms with Gasteiger partial charge in [0.2, 0.25) is 0 Å². The predicted molar refractivity (Wildman–Crippen MR) is 82.6 cm³/mol. The van der Waals surface area contributed by atoms with Gasteiger partial charge in [0.1, 0.15) is 0 Å². The van der Waals surface area contributed by atoms with E-state index in [9.17, 15) is 0 Å². The zero-order chi connectivity index (χ0) is 13.4. The highest BCUT2D eigenvalue weighted by atomic mass is 15.3. The second kappa shape index (κ2) is 5.34. The van der Waals surface area contributed by atoms with Gasteiger partial charge >= 0.3 is 0 Å². The van der Waals surface area contributed by atoms with E-state index in [0.717, 1.165) is 24.5 Å². The van der Waals surface area contributed by atoms with Gasteiger partial charge in [-0.05, 0) is 37.2 Å². The minimum Gasteiger partial charge on any atom is -0.311 e. The third-order valence-corrected chi connectivity index (χ3v) is 5.21. The number of nitrogens with zero attached hydrogens (tertiary/aromatic N) is 1. The molecule has 2 aliphatic carbocycles. The average Bonchev–Trinajstić information content (AvgIpc) is 3.22. The van der Waals surface area contributed by atoms with Crippen LogP contribution >= 0.6 is 0 Å². The fourth-order valence-corrected chi connectivity index (χ4v) is 3.88. The third-order valence-electron chi connectivity index (χ3n) is 5.21. The molecule has 2 fully saturated rings. The van der Waals surface area contributed by atoms with Crippen LogP contribution in [0.4, 0.5) is 0 Å². The molecular weight excluding hydrogens is 244 g/mol. The Balaban J connectivity index is 1.56. The van der Waals surface area contributed by atoms with E-state index in [1.807, 2.05) is 0 Å². The van der Waals surface area contributed by atoms with E-state index >= 15 is 0 Å². The number of hydrogen-bond donors (Lipinski definition) is 1. The van der Waals surface area contributed by atoms with Crippen molar-refractivity contribution in [3.63, 3.8) is 0 Å². The van der Waals surface area contributed by atoms with Crippen molar-refractivity contribution < 1.29 is 0 Å². The van der Waals surface area contributed by atoms with Gasteiger partial charge < -0.3 is 5.32 Å². The molecule has 106 valence electrons. The van der Waals surface area contributed by atoms with Gasteiger partial charge in [-0.15, -0.1) is 0 Å². The first kappa shape index (κ1) is 12.6. The van der Waals surface area contributed by atoms with Gasteiger partial charge in [-0.2, -0.15) is 0 Å². The minimum atomic E-state index is 0.552. The molecule has 1 saturated heterocycles. The van der Waals surface area contributed by atoms with Gasteiger partial charge in [0.25, 0.3) is 0 Å². The van der Waals surface area contributed by atoms with Crippen LogP contribution in [0.1, 0.15) is 37.3 Å². The van der Waals surface area contributed by atoms with Crippen molar-refractivity contribution in [2.45, 2.75) is 43.8 Å². The van der Waals surface area contributed by atoms with E-state index in [2.05, 4.69) is 52.7 Å². The van der Waals surface area contributed by atoms with Crippen LogP contribution in [-0.4, -0.2) is 30.1 Å². The Labute approximate surface area is 121 Å². The van der Waals surface area contributed by atoms with E-state index < -0.39 is 0 Å². The van der Waals surface area contributed by atoms with Crippen molar-refractivity contribution in [1.82, 2.24) is 10.2 Å². The lowest BCUT2D eigenvalue weighted by Gasteiger charge is -2.44. The van der Waals surface area contributed by atoms with E-state index in [-0.39, 0.29) is 0 Å². The van der Waals surface area contributed by atoms with Crippen LogP contribution in [-0.2, 0) is 0 Å². The highest BCUT2D eigenvalue weighted by Gasteiger charge is 2.39. The van der Waals surface area contributed by atoms with Crippen molar-refractivity contribution in [2.75, 3.05) is 13.1 Å². The molecule has 1 heterocycles. The minimum absolute atomic E-state index is 0.552. The van der Waals surface area contributed by atoms with Gasteiger partial charge in [-0.3, -0.25) is 4.90 Å². The standard InChI is InChI=1S/C18H24N2/c1-2-6-15(7-3-1)18-12-19-17(14-10-11-14)13-20(18)16-8-4-5-9-16/h1-7,14,16-19H,8-13H2. The summed E-state index contributed by atoms with van der Waals surface area (Å²) < 4.78 is 0. The maximum atomic E-state index is 3.82. The molecular formula is C18H24N2. The van der Waals surface area contributed by atoms with E-state index in [4.69, 9.17) is 0 Å². The number of rotatable bonds is 3. The Morgan fingerprint density at radius 1 is 1.00 bits per heavy atom. The molecule has 3 aliphatic rings. The molecule has 0 radical (unpaired) electrons. The third kappa shape index (κ3) is 2.43. The smallest absolute Gasteiger partial charge is 0.0476 e. The van der Waals surface area contributed by atoms with Crippen LogP contribution in [0.25, 0.3) is 0 Å². The first-order chi connectivity index (χ1) is 9.92. The number of nitrogens with one attached hydrogen (secondary N) is 1. The lowest BCUT2D eigenvalue weighted by Crippen LogP contribution is -2.55. The van der Waals surface area contributed by atoms with Crippen molar-refractivity contribution in [3.8, 4) is 0 Å². The largest absolute Gasteiger partial charge is 0.311 e. The summed E-state index contributed by atoms with van der Waals surface area (Å²) >= 11 is 0. The zero-order valence-electron chi connectivity index (χ0n) is 12.0. The van der Waals surface area contributed by atoms with Gasteiger partial charge in [-0.1, -0.05) is 42.5 Å². The Bertz CT molecular complexity index is 469. The van der Waals surface area contributed by atoms with Crippen molar-refractivity contribution in [1.29, 1.82) is 0 Å². The van der Waals surface area contributed by atoms with Crippen molar-refractivity contribution in [2.24, 2.45) is 5.92 Å². The summed E-state index contributed by atoms with van der Waals surface area (Å²) in [5, 5.41) is 3.82. The normalized spacial score (nSPS) is 31.8. The van der Waals surface area contributed by atoms with Crippen LogP contribution in [0, 0.1) is 5.92 Å². The Kier molecular flexibility index (Phi) is 3.37. The molecule has 1 aliphatic heterocycles. The maximum absolute atomic E-state index is 3.82. The van der Waals surface area contributed by atoms with E-state index in [1.165, 1.54) is 37.8 Å². The monoisotopic (exact) mass is 268 g/mol. The molecule has 2 nitrogen and oxygen atoms in total. The number of benzene rings is 1. The lowest BCUT2D eigenvalue weighted by molar-refractivity contribution is 0.0799. The second-order valence-electron chi connectivity index (χ2n) is 6.57. The first-order valence-electron chi connectivity index (χ1n) is 8.11. The van der Waals surface area contributed by atoms with Crippen LogP contribution in [0.15, 0.2) is 42.5 Å². The predicted octanol–water partition coefficient (Wildman–Crippen LogP) is 3.13. The molecule has 4 rings (SSSR count). The first-order valence-corrected chi connectivity index (χ1v) is 8.11.